The number of hydrogen-bond donors (Lipinski definition) is 0. The molecule has 0 bridgehead atoms. The molecule has 1 rings (SSSR count). The molecule has 0 N–H and O–H groups in total. The van der Waals surface area contributed by atoms with E-state index in [9.17, 15) is 0 Å². The summed E-state index contributed by atoms with van der Waals surface area (Å²) >= 11 is 0. The van der Waals surface area contributed by atoms with E-state index in [1.165, 1.54) is 7.11 Å². The number of nitrogens with zero attached hydrogens (tertiary/aromatic N) is 2. The van der Waals surface area contributed by atoms with E-state index >= 15 is 0 Å². The second kappa shape index (κ2) is 6.01. The molecule has 0 radical (unpaired) electrons. The van der Waals surface area contributed by atoms with E-state index in [0.29, 0.717) is 11.4 Å². The van der Waals surface area contributed by atoms with Gasteiger partial charge in [-0.2, -0.15) is 5.26 Å². The number of ether oxygens (including phenoxy) is 1. The lowest BCUT2D eigenvalue weighted by molar-refractivity contribution is 0.396. The molecule has 0 saturated carbocycles. The summed E-state index contributed by atoms with van der Waals surface area (Å²) in [4.78, 5) is 3.88. The van der Waals surface area contributed by atoms with Gasteiger partial charge in [0.2, 0.25) is 5.88 Å². The number of methoxy groups -OCH3 is 1. The maximum absolute atomic E-state index is 8.66. The van der Waals surface area contributed by atoms with E-state index in [1.807, 2.05) is 26.8 Å². The van der Waals surface area contributed by atoms with Crippen LogP contribution in [0.25, 0.3) is 0 Å². The van der Waals surface area contributed by atoms with E-state index in [2.05, 4.69) is 4.98 Å². The fourth-order valence-corrected chi connectivity index (χ4v) is 0.824. The van der Waals surface area contributed by atoms with Crippen molar-refractivity contribution in [1.29, 1.82) is 5.26 Å². The highest BCUT2D eigenvalue weighted by Gasteiger charge is 2.04. The average Bonchev–Trinajstić information content (AvgIpc) is 2.20. The number of aromatic nitrogens is 1. The quantitative estimate of drug-likeness (QED) is 0.662. The zero-order valence-corrected chi connectivity index (χ0v) is 8.46. The van der Waals surface area contributed by atoms with Crippen molar-refractivity contribution in [1.82, 2.24) is 4.98 Å². The Morgan fingerprint density at radius 2 is 2.08 bits per heavy atom. The number of rotatable bonds is 1. The topological polar surface area (TPSA) is 45.9 Å². The molecule has 3 nitrogen and oxygen atoms in total. The fraction of sp³-hybridized carbons (Fsp3) is 0.400. The van der Waals surface area contributed by atoms with E-state index in [0.717, 1.165) is 5.56 Å². The first-order valence-electron chi connectivity index (χ1n) is 4.19. The van der Waals surface area contributed by atoms with Crippen molar-refractivity contribution in [2.75, 3.05) is 7.11 Å². The first kappa shape index (κ1) is 11.4. The predicted molar refractivity (Wildman–Crippen MR) is 51.6 cm³/mol. The van der Waals surface area contributed by atoms with E-state index < -0.39 is 0 Å². The standard InChI is InChI=1S/C8H8N2O.C2H6/c1-6-3-4-10-8(11-2)7(6)5-9;1-2/h3-4H,1-2H3;1-2H3. The number of hydrogen-bond acceptors (Lipinski definition) is 3. The Morgan fingerprint density at radius 3 is 2.46 bits per heavy atom. The van der Waals surface area contributed by atoms with Gasteiger partial charge in [-0.25, -0.2) is 4.98 Å². The number of aryl methyl sites for hydroxylation is 1. The molecule has 1 aromatic heterocycles. The third-order valence-electron chi connectivity index (χ3n) is 1.43. The molecule has 0 fully saturated rings. The Bertz CT molecular complexity index is 302. The lowest BCUT2D eigenvalue weighted by Crippen LogP contribution is -1.93. The highest BCUT2D eigenvalue weighted by Crippen LogP contribution is 2.16. The first-order valence-corrected chi connectivity index (χ1v) is 4.19. The van der Waals surface area contributed by atoms with Crippen LogP contribution in [0.15, 0.2) is 12.3 Å². The Morgan fingerprint density at radius 1 is 1.46 bits per heavy atom. The van der Waals surface area contributed by atoms with Gasteiger partial charge in [-0.15, -0.1) is 0 Å². The Hall–Kier alpha value is -1.56. The van der Waals surface area contributed by atoms with Gasteiger partial charge in [0.15, 0.2) is 0 Å². The predicted octanol–water partition coefficient (Wildman–Crippen LogP) is 2.30. The van der Waals surface area contributed by atoms with Gasteiger partial charge in [0.1, 0.15) is 11.6 Å². The summed E-state index contributed by atoms with van der Waals surface area (Å²) in [5, 5.41) is 8.66. The van der Waals surface area contributed by atoms with Crippen LogP contribution in [0.5, 0.6) is 5.88 Å². The van der Waals surface area contributed by atoms with Gasteiger partial charge in [-0.05, 0) is 18.6 Å². The lowest BCUT2D eigenvalue weighted by Gasteiger charge is -2.01. The largest absolute Gasteiger partial charge is 0.480 e. The van der Waals surface area contributed by atoms with Crippen LogP contribution in [0.4, 0.5) is 0 Å². The maximum Gasteiger partial charge on any atom is 0.231 e. The summed E-state index contributed by atoms with van der Waals surface area (Å²) in [5.41, 5.74) is 1.40. The lowest BCUT2D eigenvalue weighted by atomic mass is 10.2. The summed E-state index contributed by atoms with van der Waals surface area (Å²) < 4.78 is 4.88. The van der Waals surface area contributed by atoms with Crippen molar-refractivity contribution in [2.45, 2.75) is 20.8 Å². The van der Waals surface area contributed by atoms with Gasteiger partial charge in [0.05, 0.1) is 7.11 Å². The highest BCUT2D eigenvalue weighted by molar-refractivity contribution is 5.43. The van der Waals surface area contributed by atoms with Gasteiger partial charge in [0.25, 0.3) is 0 Å². The highest BCUT2D eigenvalue weighted by atomic mass is 16.5. The zero-order chi connectivity index (χ0) is 10.3. The van der Waals surface area contributed by atoms with Crippen molar-refractivity contribution < 1.29 is 4.74 Å². The first-order chi connectivity index (χ1) is 6.29. The second-order valence-electron chi connectivity index (χ2n) is 2.12. The Balaban J connectivity index is 0.000000671. The monoisotopic (exact) mass is 178 g/mol. The van der Waals surface area contributed by atoms with Crippen LogP contribution in [0.2, 0.25) is 0 Å². The second-order valence-corrected chi connectivity index (χ2v) is 2.12. The molecule has 0 amide bonds. The molecule has 0 spiro atoms. The minimum atomic E-state index is 0.396. The van der Waals surface area contributed by atoms with Crippen LogP contribution in [0.1, 0.15) is 25.0 Å². The molecule has 1 aromatic rings. The molecule has 0 aliphatic heterocycles. The molecule has 13 heavy (non-hydrogen) atoms. The van der Waals surface area contributed by atoms with Crippen LogP contribution in [0.3, 0.4) is 0 Å². The van der Waals surface area contributed by atoms with Crippen molar-refractivity contribution in [3.8, 4) is 11.9 Å². The smallest absolute Gasteiger partial charge is 0.231 e. The molecule has 70 valence electrons. The maximum atomic E-state index is 8.66. The number of nitriles is 1. The summed E-state index contributed by atoms with van der Waals surface area (Å²) in [7, 11) is 1.50. The SMILES string of the molecule is CC.COc1nccc(C)c1C#N. The van der Waals surface area contributed by atoms with Gasteiger partial charge in [-0.1, -0.05) is 13.8 Å². The van der Waals surface area contributed by atoms with Crippen molar-refractivity contribution >= 4 is 0 Å². The molecular weight excluding hydrogens is 164 g/mol. The molecule has 0 saturated heterocycles. The zero-order valence-electron chi connectivity index (χ0n) is 8.46. The molecule has 0 unspecified atom stereocenters. The van der Waals surface area contributed by atoms with E-state index in [-0.39, 0.29) is 0 Å². The van der Waals surface area contributed by atoms with Crippen LogP contribution >= 0.6 is 0 Å². The average molecular weight is 178 g/mol. The molecule has 1 heterocycles. The summed E-state index contributed by atoms with van der Waals surface area (Å²) in [5.74, 6) is 0.396. The van der Waals surface area contributed by atoms with E-state index in [1.54, 1.807) is 12.3 Å². The van der Waals surface area contributed by atoms with Crippen LogP contribution in [0, 0.1) is 18.3 Å². The molecular formula is C10H14N2O. The van der Waals surface area contributed by atoms with Crippen LogP contribution in [-0.4, -0.2) is 12.1 Å². The third-order valence-corrected chi connectivity index (χ3v) is 1.43. The molecule has 0 aromatic carbocycles. The van der Waals surface area contributed by atoms with Crippen LogP contribution in [-0.2, 0) is 0 Å². The normalized spacial score (nSPS) is 7.92. The Kier molecular flexibility index (Phi) is 5.29. The summed E-state index contributed by atoms with van der Waals surface area (Å²) in [6, 6.07) is 3.81. The van der Waals surface area contributed by atoms with E-state index in [4.69, 9.17) is 10.00 Å². The molecule has 0 aliphatic rings. The molecule has 3 heteroatoms. The van der Waals surface area contributed by atoms with Gasteiger partial charge in [-0.3, -0.25) is 0 Å². The molecule has 0 atom stereocenters. The van der Waals surface area contributed by atoms with Crippen molar-refractivity contribution in [2.24, 2.45) is 0 Å². The van der Waals surface area contributed by atoms with Gasteiger partial charge < -0.3 is 4.74 Å². The Labute approximate surface area is 79.0 Å². The third kappa shape index (κ3) is 2.75. The van der Waals surface area contributed by atoms with Crippen LogP contribution < -0.4 is 4.74 Å². The van der Waals surface area contributed by atoms with Crippen molar-refractivity contribution in [3.05, 3.63) is 23.4 Å². The van der Waals surface area contributed by atoms with Gasteiger partial charge in [0, 0.05) is 6.20 Å². The summed E-state index contributed by atoms with van der Waals surface area (Å²) in [6.45, 7) is 5.85. The summed E-state index contributed by atoms with van der Waals surface area (Å²) in [6.07, 6.45) is 1.62. The minimum Gasteiger partial charge on any atom is -0.480 e. The molecule has 0 aliphatic carbocycles. The number of pyridine rings is 1. The van der Waals surface area contributed by atoms with Gasteiger partial charge >= 0.3 is 0 Å². The van der Waals surface area contributed by atoms with Crippen molar-refractivity contribution in [3.63, 3.8) is 0 Å². The minimum absolute atomic E-state index is 0.396. The fourth-order valence-electron chi connectivity index (χ4n) is 0.824.